The third kappa shape index (κ3) is 6.42. The molecule has 1 fully saturated rings. The molecule has 1 aromatic rings. The van der Waals surface area contributed by atoms with E-state index >= 15 is 0 Å². The lowest BCUT2D eigenvalue weighted by Crippen LogP contribution is -2.54. The fourth-order valence-electron chi connectivity index (χ4n) is 3.76. The number of hydrogen-bond donors (Lipinski definition) is 2. The molecular formula is C19H26F2N2O7S. The van der Waals surface area contributed by atoms with Crippen molar-refractivity contribution < 1.29 is 40.8 Å². The molecule has 0 radical (unpaired) electrons. The average Bonchev–Trinajstić information content (AvgIpc) is 3.15. The van der Waals surface area contributed by atoms with Crippen molar-refractivity contribution in [2.24, 2.45) is 0 Å². The van der Waals surface area contributed by atoms with Crippen LogP contribution in [0.5, 0.6) is 0 Å². The number of carbonyl (C=O) groups excluding carboxylic acids is 2. The summed E-state index contributed by atoms with van der Waals surface area (Å²) in [7, 11) is -3.79. The third-order valence-corrected chi connectivity index (χ3v) is 6.15. The number of carbonyl (C=O) groups is 2. The zero-order valence-corrected chi connectivity index (χ0v) is 18.1. The molecule has 1 aromatic carbocycles. The first-order chi connectivity index (χ1) is 14.5. The second kappa shape index (κ2) is 10.4. The summed E-state index contributed by atoms with van der Waals surface area (Å²) in [4.78, 5) is 24.3. The Kier molecular flexibility index (Phi) is 8.46. The summed E-state index contributed by atoms with van der Waals surface area (Å²) in [6, 6.07) is 0.951. The molecule has 2 N–H and O–H groups in total. The molecule has 0 amide bonds. The number of esters is 2. The number of nitrogens with zero attached hydrogens (tertiary/aromatic N) is 1. The molecule has 1 saturated carbocycles. The van der Waals surface area contributed by atoms with E-state index in [4.69, 9.17) is 9.47 Å². The van der Waals surface area contributed by atoms with Crippen LogP contribution in [0.2, 0.25) is 0 Å². The molecular weight excluding hydrogens is 438 g/mol. The van der Waals surface area contributed by atoms with Crippen molar-refractivity contribution in [1.29, 1.82) is 0 Å². The van der Waals surface area contributed by atoms with Crippen LogP contribution in [0.15, 0.2) is 18.2 Å². The molecule has 12 heteroatoms. The summed E-state index contributed by atoms with van der Waals surface area (Å²) < 4.78 is 71.7. The highest BCUT2D eigenvalue weighted by molar-refractivity contribution is 7.83. The number of hydrogen-bond acceptors (Lipinski definition) is 7. The summed E-state index contributed by atoms with van der Waals surface area (Å²) in [5.74, 6) is -3.48. The highest BCUT2D eigenvalue weighted by Crippen LogP contribution is 2.32. The van der Waals surface area contributed by atoms with E-state index in [1.807, 2.05) is 0 Å². The van der Waals surface area contributed by atoms with Gasteiger partial charge in [-0.3, -0.25) is 19.5 Å². The van der Waals surface area contributed by atoms with Gasteiger partial charge in [-0.25, -0.2) is 8.78 Å². The smallest absolute Gasteiger partial charge is 0.337 e. The van der Waals surface area contributed by atoms with E-state index in [-0.39, 0.29) is 18.7 Å². The quantitative estimate of drug-likeness (QED) is 0.397. The fourth-order valence-corrected chi connectivity index (χ4v) is 4.55. The van der Waals surface area contributed by atoms with Crippen LogP contribution < -0.4 is 5.32 Å². The van der Waals surface area contributed by atoms with E-state index < -0.39 is 52.0 Å². The predicted octanol–water partition coefficient (Wildman–Crippen LogP) is 1.75. The second-order valence-corrected chi connectivity index (χ2v) is 8.57. The van der Waals surface area contributed by atoms with Crippen LogP contribution in [0.1, 0.15) is 44.2 Å². The van der Waals surface area contributed by atoms with Gasteiger partial charge in [0.05, 0.1) is 19.8 Å². The van der Waals surface area contributed by atoms with Crippen LogP contribution in [0.4, 0.5) is 8.78 Å². The minimum absolute atomic E-state index is 0.0406. The van der Waals surface area contributed by atoms with E-state index in [2.05, 4.69) is 5.32 Å². The summed E-state index contributed by atoms with van der Waals surface area (Å²) in [6.07, 6.45) is 2.25. The molecule has 0 unspecified atom stereocenters. The Labute approximate surface area is 179 Å². The SMILES string of the molecule is CCOC(=O)CN([C@@H](CNC1(C(=O)OC)CCCC1)c1cc(F)cc(F)c1)S(=O)(=O)O. The van der Waals surface area contributed by atoms with Crippen LogP contribution in [0, 0.1) is 11.6 Å². The van der Waals surface area contributed by atoms with Gasteiger partial charge in [-0.05, 0) is 37.5 Å². The number of methoxy groups -OCH3 is 1. The lowest BCUT2D eigenvalue weighted by molar-refractivity contribution is -0.149. The van der Waals surface area contributed by atoms with Crippen molar-refractivity contribution in [2.45, 2.75) is 44.2 Å². The zero-order chi connectivity index (χ0) is 23.2. The van der Waals surface area contributed by atoms with Gasteiger partial charge < -0.3 is 9.47 Å². The van der Waals surface area contributed by atoms with Crippen molar-refractivity contribution in [3.05, 3.63) is 35.4 Å². The first-order valence-corrected chi connectivity index (χ1v) is 11.1. The third-order valence-electron chi connectivity index (χ3n) is 5.17. The molecule has 0 aromatic heterocycles. The van der Waals surface area contributed by atoms with E-state index in [9.17, 15) is 31.3 Å². The molecule has 31 heavy (non-hydrogen) atoms. The number of ether oxygens (including phenoxy) is 2. The number of halogens is 2. The fraction of sp³-hybridized carbons (Fsp3) is 0.579. The van der Waals surface area contributed by atoms with Crippen molar-refractivity contribution in [2.75, 3.05) is 26.8 Å². The highest BCUT2D eigenvalue weighted by Gasteiger charge is 2.43. The van der Waals surface area contributed by atoms with Crippen molar-refractivity contribution in [1.82, 2.24) is 9.62 Å². The molecule has 2 rings (SSSR count). The topological polar surface area (TPSA) is 122 Å². The van der Waals surface area contributed by atoms with Gasteiger partial charge in [-0.2, -0.15) is 12.7 Å². The summed E-state index contributed by atoms with van der Waals surface area (Å²) in [6.45, 7) is 0.234. The Balaban J connectivity index is 2.46. The van der Waals surface area contributed by atoms with Gasteiger partial charge in [0.2, 0.25) is 0 Å². The van der Waals surface area contributed by atoms with Crippen LogP contribution >= 0.6 is 0 Å². The van der Waals surface area contributed by atoms with Crippen molar-refractivity contribution >= 4 is 22.2 Å². The Morgan fingerprint density at radius 1 is 1.23 bits per heavy atom. The van der Waals surface area contributed by atoms with Gasteiger partial charge in [-0.1, -0.05) is 12.8 Å². The predicted molar refractivity (Wildman–Crippen MR) is 105 cm³/mol. The molecule has 0 aliphatic heterocycles. The zero-order valence-electron chi connectivity index (χ0n) is 17.3. The van der Waals surface area contributed by atoms with E-state index in [0.29, 0.717) is 36.1 Å². The van der Waals surface area contributed by atoms with Gasteiger partial charge in [0.15, 0.2) is 0 Å². The maximum absolute atomic E-state index is 13.9. The maximum atomic E-state index is 13.9. The van der Waals surface area contributed by atoms with Crippen molar-refractivity contribution in [3.63, 3.8) is 0 Å². The largest absolute Gasteiger partial charge is 0.468 e. The maximum Gasteiger partial charge on any atom is 0.337 e. The average molecular weight is 464 g/mol. The van der Waals surface area contributed by atoms with Crippen molar-refractivity contribution in [3.8, 4) is 0 Å². The first-order valence-electron chi connectivity index (χ1n) is 9.71. The number of nitrogens with one attached hydrogen (secondary N) is 1. The minimum Gasteiger partial charge on any atom is -0.468 e. The standard InChI is InChI=1S/C19H26F2N2O7S/c1-3-30-17(24)12-23(31(26,27)28)16(13-8-14(20)10-15(21)9-13)11-22-19(18(25)29-2)6-4-5-7-19/h8-10,16,22H,3-7,11-12H2,1-2H3,(H,26,27,28)/t16-/m0/s1. The Bertz CT molecular complexity index is 884. The van der Waals surface area contributed by atoms with Crippen LogP contribution in [0.3, 0.4) is 0 Å². The Hall–Kier alpha value is -2.15. The highest BCUT2D eigenvalue weighted by atomic mass is 32.2. The van der Waals surface area contributed by atoms with Gasteiger partial charge in [0.1, 0.15) is 23.7 Å². The molecule has 0 bridgehead atoms. The minimum atomic E-state index is -5.01. The Morgan fingerprint density at radius 3 is 2.29 bits per heavy atom. The summed E-state index contributed by atoms with van der Waals surface area (Å²) in [5.41, 5.74) is -1.28. The van der Waals surface area contributed by atoms with E-state index in [1.54, 1.807) is 0 Å². The normalized spacial score (nSPS) is 16.8. The number of rotatable bonds is 10. The molecule has 9 nitrogen and oxygen atoms in total. The molecule has 0 heterocycles. The number of benzene rings is 1. The molecule has 0 saturated heterocycles. The van der Waals surface area contributed by atoms with E-state index in [0.717, 1.165) is 12.1 Å². The molecule has 1 atom stereocenters. The van der Waals surface area contributed by atoms with Gasteiger partial charge >= 0.3 is 22.2 Å². The van der Waals surface area contributed by atoms with E-state index in [1.165, 1.54) is 14.0 Å². The summed E-state index contributed by atoms with van der Waals surface area (Å²) in [5, 5.41) is 2.95. The lowest BCUT2D eigenvalue weighted by Gasteiger charge is -2.33. The Morgan fingerprint density at radius 2 is 1.81 bits per heavy atom. The lowest BCUT2D eigenvalue weighted by atomic mass is 9.96. The first kappa shape index (κ1) is 25.1. The van der Waals surface area contributed by atoms with Gasteiger partial charge in [0.25, 0.3) is 0 Å². The van der Waals surface area contributed by atoms with Crippen LogP contribution in [0.25, 0.3) is 0 Å². The van der Waals surface area contributed by atoms with Gasteiger partial charge in [-0.15, -0.1) is 0 Å². The summed E-state index contributed by atoms with van der Waals surface area (Å²) >= 11 is 0. The molecule has 174 valence electrons. The van der Waals surface area contributed by atoms with Gasteiger partial charge in [0, 0.05) is 12.6 Å². The van der Waals surface area contributed by atoms with Crippen LogP contribution in [-0.4, -0.2) is 61.6 Å². The second-order valence-electron chi connectivity index (χ2n) is 7.21. The molecule has 1 aliphatic rings. The monoisotopic (exact) mass is 464 g/mol. The van der Waals surface area contributed by atoms with Crippen LogP contribution in [-0.2, 0) is 29.4 Å². The molecule has 0 spiro atoms. The molecule has 1 aliphatic carbocycles.